The smallest absolute Gasteiger partial charge is 0.322 e. The van der Waals surface area contributed by atoms with Crippen molar-refractivity contribution in [1.29, 1.82) is 0 Å². The van der Waals surface area contributed by atoms with Gasteiger partial charge in [0, 0.05) is 37.4 Å². The number of benzene rings is 2. The summed E-state index contributed by atoms with van der Waals surface area (Å²) in [5.74, 6) is 0.672. The first kappa shape index (κ1) is 18.7. The van der Waals surface area contributed by atoms with Crippen molar-refractivity contribution in [2.45, 2.75) is 0 Å². The van der Waals surface area contributed by atoms with E-state index in [4.69, 9.17) is 23.2 Å². The fourth-order valence-electron chi connectivity index (χ4n) is 3.17. The van der Waals surface area contributed by atoms with Crippen LogP contribution in [0, 0.1) is 0 Å². The third-order valence-electron chi connectivity index (χ3n) is 4.70. The number of urea groups is 1. The van der Waals surface area contributed by atoms with Crippen LogP contribution >= 0.6 is 23.2 Å². The quantitative estimate of drug-likeness (QED) is 0.798. The number of nitrogens with one attached hydrogen (secondary N) is 1. The number of aliphatic imine (C=N–C) groups is 1. The van der Waals surface area contributed by atoms with Gasteiger partial charge in [-0.25, -0.2) is 9.79 Å². The zero-order chi connectivity index (χ0) is 19.5. The third kappa shape index (κ3) is 3.95. The summed E-state index contributed by atoms with van der Waals surface area (Å²) in [5.41, 5.74) is 2.51. The van der Waals surface area contributed by atoms with E-state index in [9.17, 15) is 4.79 Å². The van der Waals surface area contributed by atoms with Gasteiger partial charge in [0.15, 0.2) is 12.5 Å². The number of amidine groups is 1. The summed E-state index contributed by atoms with van der Waals surface area (Å²) in [6, 6.07) is 13.0. The van der Waals surface area contributed by atoms with E-state index < -0.39 is 0 Å². The fourth-order valence-corrected chi connectivity index (χ4v) is 3.66. The van der Waals surface area contributed by atoms with Crippen LogP contribution in [0.1, 0.15) is 5.56 Å². The number of amides is 2. The average Bonchev–Trinajstić information content (AvgIpc) is 3.26. The zero-order valence-electron chi connectivity index (χ0n) is 15.0. The van der Waals surface area contributed by atoms with Crippen molar-refractivity contribution in [3.8, 4) is 0 Å². The maximum Gasteiger partial charge on any atom is 0.322 e. The number of anilines is 2. The maximum absolute atomic E-state index is 12.6. The lowest BCUT2D eigenvalue weighted by atomic mass is 10.1. The van der Waals surface area contributed by atoms with Crippen LogP contribution in [0.3, 0.4) is 0 Å². The second kappa shape index (κ2) is 8.16. The first-order valence-electron chi connectivity index (χ1n) is 8.89. The molecule has 0 spiro atoms. The molecule has 4 rings (SSSR count). The van der Waals surface area contributed by atoms with Crippen molar-refractivity contribution in [1.82, 2.24) is 4.90 Å². The molecule has 2 aliphatic heterocycles. The Morgan fingerprint density at radius 1 is 0.964 bits per heavy atom. The van der Waals surface area contributed by atoms with Gasteiger partial charge < -0.3 is 15.1 Å². The molecule has 0 bridgehead atoms. The Hall–Kier alpha value is -2.64. The number of piperazine rings is 1. The van der Waals surface area contributed by atoms with Gasteiger partial charge in [-0.15, -0.1) is 5.11 Å². The summed E-state index contributed by atoms with van der Waals surface area (Å²) >= 11 is 12.3. The minimum absolute atomic E-state index is 0.199. The molecule has 2 amide bonds. The molecule has 9 heteroatoms. The summed E-state index contributed by atoms with van der Waals surface area (Å²) in [4.78, 5) is 20.8. The Balaban J connectivity index is 1.35. The van der Waals surface area contributed by atoms with Crippen molar-refractivity contribution in [3.63, 3.8) is 0 Å². The molecule has 2 aromatic carbocycles. The molecular weight excluding hydrogens is 399 g/mol. The van der Waals surface area contributed by atoms with Crippen molar-refractivity contribution in [2.75, 3.05) is 43.1 Å². The topological polar surface area (TPSA) is 72.7 Å². The second-order valence-electron chi connectivity index (χ2n) is 6.41. The van der Waals surface area contributed by atoms with Gasteiger partial charge in [-0.2, -0.15) is 5.11 Å². The van der Waals surface area contributed by atoms with Gasteiger partial charge in [-0.1, -0.05) is 29.3 Å². The van der Waals surface area contributed by atoms with Crippen LogP contribution in [0.5, 0.6) is 0 Å². The molecule has 2 aromatic rings. The Morgan fingerprint density at radius 2 is 1.64 bits per heavy atom. The van der Waals surface area contributed by atoms with Gasteiger partial charge in [0.25, 0.3) is 0 Å². The van der Waals surface area contributed by atoms with Crippen molar-refractivity contribution in [3.05, 3.63) is 58.1 Å². The molecule has 1 fully saturated rings. The van der Waals surface area contributed by atoms with E-state index in [1.807, 2.05) is 24.3 Å². The fraction of sp³-hybridized carbons (Fsp3) is 0.263. The average molecular weight is 417 g/mol. The molecule has 2 heterocycles. The first-order valence-corrected chi connectivity index (χ1v) is 9.65. The number of nitrogens with zero attached hydrogens (tertiary/aromatic N) is 5. The van der Waals surface area contributed by atoms with E-state index in [0.717, 1.165) is 24.3 Å². The Morgan fingerprint density at radius 3 is 2.25 bits per heavy atom. The van der Waals surface area contributed by atoms with Crippen LogP contribution < -0.4 is 10.2 Å². The van der Waals surface area contributed by atoms with E-state index in [0.29, 0.717) is 41.3 Å². The number of para-hydroxylation sites is 1. The molecule has 0 aromatic heterocycles. The molecule has 0 aliphatic carbocycles. The highest BCUT2D eigenvalue weighted by Gasteiger charge is 2.22. The maximum atomic E-state index is 12.6. The number of hydrogen-bond donors (Lipinski definition) is 1. The molecule has 0 radical (unpaired) electrons. The molecule has 2 aliphatic rings. The summed E-state index contributed by atoms with van der Waals surface area (Å²) in [5, 5.41) is 11.5. The van der Waals surface area contributed by atoms with Crippen LogP contribution in [-0.4, -0.2) is 49.6 Å². The Bertz CT molecular complexity index is 916. The molecular formula is C19H18Cl2N6O. The van der Waals surface area contributed by atoms with E-state index in [-0.39, 0.29) is 6.03 Å². The minimum Gasteiger partial charge on any atom is -0.368 e. The summed E-state index contributed by atoms with van der Waals surface area (Å²) < 4.78 is 0. The summed E-state index contributed by atoms with van der Waals surface area (Å²) in [6.45, 7) is 3.10. The molecule has 144 valence electrons. The van der Waals surface area contributed by atoms with Gasteiger partial charge in [-0.3, -0.25) is 0 Å². The van der Waals surface area contributed by atoms with E-state index in [2.05, 4.69) is 25.4 Å². The highest BCUT2D eigenvalue weighted by molar-refractivity contribution is 6.39. The molecule has 0 unspecified atom stereocenters. The number of carbonyl (C=O) groups is 1. The molecule has 1 N–H and O–H groups in total. The predicted octanol–water partition coefficient (Wildman–Crippen LogP) is 4.52. The molecule has 0 atom stereocenters. The lowest BCUT2D eigenvalue weighted by Gasteiger charge is -2.36. The van der Waals surface area contributed by atoms with E-state index >= 15 is 0 Å². The predicted molar refractivity (Wildman–Crippen MR) is 112 cm³/mol. The Kier molecular flexibility index (Phi) is 5.45. The van der Waals surface area contributed by atoms with Crippen LogP contribution in [0.25, 0.3) is 0 Å². The number of halogens is 2. The van der Waals surface area contributed by atoms with Crippen molar-refractivity contribution >= 4 is 46.4 Å². The largest absolute Gasteiger partial charge is 0.368 e. The van der Waals surface area contributed by atoms with E-state index in [1.54, 1.807) is 23.1 Å². The molecule has 1 saturated heterocycles. The lowest BCUT2D eigenvalue weighted by Crippen LogP contribution is -2.50. The highest BCUT2D eigenvalue weighted by Crippen LogP contribution is 2.30. The number of carbonyl (C=O) groups excluding carboxylic acids is 1. The summed E-state index contributed by atoms with van der Waals surface area (Å²) in [6.07, 6.45) is 0. The minimum atomic E-state index is -0.199. The van der Waals surface area contributed by atoms with Gasteiger partial charge in [0.1, 0.15) is 0 Å². The number of rotatable bonds is 3. The van der Waals surface area contributed by atoms with Crippen LogP contribution in [0.4, 0.5) is 16.2 Å². The zero-order valence-corrected chi connectivity index (χ0v) is 16.5. The van der Waals surface area contributed by atoms with Gasteiger partial charge in [0.2, 0.25) is 0 Å². The van der Waals surface area contributed by atoms with Crippen LogP contribution in [-0.2, 0) is 0 Å². The standard InChI is InChI=1S/C19H18Cl2N6O/c20-15-2-1-3-16(21)17(15)24-19(28)27-10-8-26(9-11-27)14-6-4-13(5-7-14)18-22-12-23-25-18/h1-7H,8-12H2,(H,24,28). The highest BCUT2D eigenvalue weighted by atomic mass is 35.5. The van der Waals surface area contributed by atoms with Crippen LogP contribution in [0.15, 0.2) is 57.7 Å². The first-order chi connectivity index (χ1) is 13.6. The van der Waals surface area contributed by atoms with Gasteiger partial charge >= 0.3 is 6.03 Å². The van der Waals surface area contributed by atoms with Crippen molar-refractivity contribution < 1.29 is 4.79 Å². The third-order valence-corrected chi connectivity index (χ3v) is 5.33. The van der Waals surface area contributed by atoms with Gasteiger partial charge in [0.05, 0.1) is 15.7 Å². The molecule has 0 saturated carbocycles. The van der Waals surface area contributed by atoms with Crippen molar-refractivity contribution in [2.24, 2.45) is 15.2 Å². The van der Waals surface area contributed by atoms with Crippen LogP contribution in [0.2, 0.25) is 10.0 Å². The second-order valence-corrected chi connectivity index (χ2v) is 7.23. The van der Waals surface area contributed by atoms with Gasteiger partial charge in [-0.05, 0) is 36.4 Å². The molecule has 28 heavy (non-hydrogen) atoms. The number of hydrogen-bond acceptors (Lipinski definition) is 5. The van der Waals surface area contributed by atoms with E-state index in [1.165, 1.54) is 0 Å². The summed E-state index contributed by atoms with van der Waals surface area (Å²) in [7, 11) is 0. The number of azo groups is 1. The normalized spacial score (nSPS) is 16.3. The molecule has 7 nitrogen and oxygen atoms in total. The SMILES string of the molecule is O=C(Nc1c(Cl)cccc1Cl)N1CCN(c2ccc(C3=NCN=N3)cc2)CC1. The lowest BCUT2D eigenvalue weighted by molar-refractivity contribution is 0.208. The Labute approximate surface area is 172 Å². The monoisotopic (exact) mass is 416 g/mol.